The Kier molecular flexibility index (Phi) is 11.7. The summed E-state index contributed by atoms with van der Waals surface area (Å²) in [6.07, 6.45) is -2.15. The predicted molar refractivity (Wildman–Crippen MR) is 109 cm³/mol. The third-order valence-electron chi connectivity index (χ3n) is 3.45. The van der Waals surface area contributed by atoms with Gasteiger partial charge in [-0.05, 0) is 20.8 Å². The number of ether oxygens (including phenoxy) is 2. The second kappa shape index (κ2) is 12.5. The molecular weight excluding hydrogens is 402 g/mol. The van der Waals surface area contributed by atoms with Crippen LogP contribution in [0.5, 0.6) is 0 Å². The van der Waals surface area contributed by atoms with Gasteiger partial charge in [-0.25, -0.2) is 4.79 Å². The Hall–Kier alpha value is -2.01. The summed E-state index contributed by atoms with van der Waals surface area (Å²) in [5.41, 5.74) is -1.78. The number of carbonyl (C=O) groups is 4. The Morgan fingerprint density at radius 2 is 1.62 bits per heavy atom. The summed E-state index contributed by atoms with van der Waals surface area (Å²) in [6, 6.07) is 0. The van der Waals surface area contributed by atoms with Crippen LogP contribution in [0.4, 0.5) is 4.79 Å². The van der Waals surface area contributed by atoms with Crippen molar-refractivity contribution in [2.45, 2.75) is 52.7 Å². The molecule has 0 spiro atoms. The maximum absolute atomic E-state index is 12.1. The Morgan fingerprint density at radius 1 is 1.00 bits per heavy atom. The molecule has 11 heteroatoms. The summed E-state index contributed by atoms with van der Waals surface area (Å²) in [4.78, 5) is 46.8. The minimum Gasteiger partial charge on any atom is -0.464 e. The summed E-state index contributed by atoms with van der Waals surface area (Å²) >= 11 is 3.97. The molecule has 0 aliphatic carbocycles. The van der Waals surface area contributed by atoms with E-state index in [-0.39, 0.29) is 25.5 Å². The van der Waals surface area contributed by atoms with Crippen LogP contribution in [0, 0.1) is 5.41 Å². The number of aliphatic hydroxyl groups is 1. The van der Waals surface area contributed by atoms with Gasteiger partial charge in [0.05, 0.1) is 6.61 Å². The lowest BCUT2D eigenvalue weighted by atomic mass is 9.87. The molecule has 0 radical (unpaired) electrons. The minimum absolute atomic E-state index is 0.0595. The molecule has 1 atom stereocenters. The standard InChI is InChI=1S/C18H33N3O7S/c1-17(2,3)28-16(26)21-10-13(23)27-11-18(4,5)14(24)15(25)20-7-6-12(22)19-8-9-29/h14,24,29H,6-11H2,1-5H3,(H,19,22)(H,20,25)(H,21,26)/t14-/m0/s1. The summed E-state index contributed by atoms with van der Waals surface area (Å²) in [5, 5.41) is 17.5. The fraction of sp³-hybridized carbons (Fsp3) is 0.778. The van der Waals surface area contributed by atoms with E-state index >= 15 is 0 Å². The SMILES string of the molecule is CC(C)(C)OC(=O)NCC(=O)OCC(C)(C)[C@@H](O)C(=O)NCCC(=O)NCCS. The number of thiol groups is 1. The zero-order valence-electron chi connectivity index (χ0n) is 17.7. The van der Waals surface area contributed by atoms with E-state index in [2.05, 4.69) is 28.6 Å². The van der Waals surface area contributed by atoms with Crippen LogP contribution in [0.25, 0.3) is 0 Å². The van der Waals surface area contributed by atoms with Gasteiger partial charge in [0.25, 0.3) is 0 Å². The van der Waals surface area contributed by atoms with Gasteiger partial charge in [-0.3, -0.25) is 14.4 Å². The number of aliphatic hydroxyl groups excluding tert-OH is 1. The second-order valence-corrected chi connectivity index (χ2v) is 8.47. The lowest BCUT2D eigenvalue weighted by Gasteiger charge is -2.29. The van der Waals surface area contributed by atoms with Crippen LogP contribution in [0.15, 0.2) is 0 Å². The van der Waals surface area contributed by atoms with Crippen molar-refractivity contribution in [3.8, 4) is 0 Å². The second-order valence-electron chi connectivity index (χ2n) is 8.02. The first-order chi connectivity index (χ1) is 13.3. The van der Waals surface area contributed by atoms with Crippen LogP contribution in [-0.4, -0.2) is 72.7 Å². The van der Waals surface area contributed by atoms with Crippen molar-refractivity contribution in [1.29, 1.82) is 0 Å². The highest BCUT2D eigenvalue weighted by molar-refractivity contribution is 7.80. The number of alkyl carbamates (subject to hydrolysis) is 1. The highest BCUT2D eigenvalue weighted by Gasteiger charge is 2.35. The molecule has 0 aliphatic heterocycles. The van der Waals surface area contributed by atoms with E-state index in [0.717, 1.165) is 0 Å². The molecule has 0 heterocycles. The number of hydrogen-bond donors (Lipinski definition) is 5. The minimum atomic E-state index is -1.46. The van der Waals surface area contributed by atoms with E-state index in [0.29, 0.717) is 12.3 Å². The summed E-state index contributed by atoms with van der Waals surface area (Å²) in [5.74, 6) is -1.14. The van der Waals surface area contributed by atoms with Crippen LogP contribution in [0.2, 0.25) is 0 Å². The molecule has 4 N–H and O–H groups in total. The fourth-order valence-corrected chi connectivity index (χ4v) is 2.00. The zero-order valence-corrected chi connectivity index (χ0v) is 18.6. The van der Waals surface area contributed by atoms with E-state index < -0.39 is 41.6 Å². The first kappa shape index (κ1) is 27.0. The predicted octanol–water partition coefficient (Wildman–Crippen LogP) is -0.00630. The van der Waals surface area contributed by atoms with Gasteiger partial charge in [-0.2, -0.15) is 12.6 Å². The van der Waals surface area contributed by atoms with Crippen LogP contribution >= 0.6 is 12.6 Å². The third-order valence-corrected chi connectivity index (χ3v) is 3.68. The average molecular weight is 436 g/mol. The molecule has 0 saturated heterocycles. The topological polar surface area (TPSA) is 143 Å². The van der Waals surface area contributed by atoms with E-state index in [4.69, 9.17) is 9.47 Å². The highest BCUT2D eigenvalue weighted by Crippen LogP contribution is 2.21. The molecule has 29 heavy (non-hydrogen) atoms. The molecule has 0 fully saturated rings. The molecule has 168 valence electrons. The Bertz CT molecular complexity index is 576. The molecule has 0 unspecified atom stereocenters. The van der Waals surface area contributed by atoms with Crippen molar-refractivity contribution in [3.05, 3.63) is 0 Å². The number of rotatable bonds is 11. The first-order valence-electron chi connectivity index (χ1n) is 9.24. The van der Waals surface area contributed by atoms with Crippen LogP contribution in [-0.2, 0) is 23.9 Å². The fourth-order valence-electron chi connectivity index (χ4n) is 1.89. The zero-order chi connectivity index (χ0) is 22.7. The van der Waals surface area contributed by atoms with Gasteiger partial charge in [-0.15, -0.1) is 0 Å². The van der Waals surface area contributed by atoms with Gasteiger partial charge in [-0.1, -0.05) is 13.8 Å². The lowest BCUT2D eigenvalue weighted by molar-refractivity contribution is -0.152. The quantitative estimate of drug-likeness (QED) is 0.227. The maximum Gasteiger partial charge on any atom is 0.408 e. The largest absolute Gasteiger partial charge is 0.464 e. The molecule has 0 rings (SSSR count). The number of carbonyl (C=O) groups excluding carboxylic acids is 4. The van der Waals surface area contributed by atoms with Crippen molar-refractivity contribution in [1.82, 2.24) is 16.0 Å². The van der Waals surface area contributed by atoms with Crippen LogP contribution in [0.1, 0.15) is 41.0 Å². The lowest BCUT2D eigenvalue weighted by Crippen LogP contribution is -2.47. The van der Waals surface area contributed by atoms with Gasteiger partial charge in [0.1, 0.15) is 18.2 Å². The Labute approximate surface area is 176 Å². The highest BCUT2D eigenvalue weighted by atomic mass is 32.1. The smallest absolute Gasteiger partial charge is 0.408 e. The summed E-state index contributed by atoms with van der Waals surface area (Å²) < 4.78 is 10.0. The van der Waals surface area contributed by atoms with E-state index in [1.807, 2.05) is 0 Å². The number of hydrogen-bond acceptors (Lipinski definition) is 8. The van der Waals surface area contributed by atoms with E-state index in [9.17, 15) is 24.3 Å². The van der Waals surface area contributed by atoms with Crippen molar-refractivity contribution >= 4 is 36.5 Å². The van der Waals surface area contributed by atoms with Crippen molar-refractivity contribution < 1.29 is 33.8 Å². The number of nitrogens with one attached hydrogen (secondary N) is 3. The van der Waals surface area contributed by atoms with Gasteiger partial charge >= 0.3 is 12.1 Å². The summed E-state index contributed by atoms with van der Waals surface area (Å²) in [7, 11) is 0. The molecule has 0 aromatic heterocycles. The van der Waals surface area contributed by atoms with Gasteiger partial charge in [0.2, 0.25) is 11.8 Å². The summed E-state index contributed by atoms with van der Waals surface area (Å²) in [6.45, 7) is 7.99. The monoisotopic (exact) mass is 435 g/mol. The molecule has 0 bridgehead atoms. The number of amides is 3. The van der Waals surface area contributed by atoms with Crippen molar-refractivity contribution in [2.24, 2.45) is 5.41 Å². The Morgan fingerprint density at radius 3 is 2.17 bits per heavy atom. The Balaban J connectivity index is 4.29. The van der Waals surface area contributed by atoms with Crippen LogP contribution < -0.4 is 16.0 Å². The van der Waals surface area contributed by atoms with Crippen molar-refractivity contribution in [2.75, 3.05) is 32.0 Å². The molecule has 0 aromatic carbocycles. The molecule has 0 aromatic rings. The average Bonchev–Trinajstić information content (AvgIpc) is 2.60. The van der Waals surface area contributed by atoms with Crippen LogP contribution in [0.3, 0.4) is 0 Å². The molecule has 0 aliphatic rings. The van der Waals surface area contributed by atoms with Crippen molar-refractivity contribution in [3.63, 3.8) is 0 Å². The number of esters is 1. The molecular formula is C18H33N3O7S. The molecule has 3 amide bonds. The van der Waals surface area contributed by atoms with Gasteiger partial charge in [0, 0.05) is 30.7 Å². The van der Waals surface area contributed by atoms with Gasteiger partial charge in [0.15, 0.2) is 0 Å². The molecule has 0 saturated carbocycles. The third kappa shape index (κ3) is 12.9. The maximum atomic E-state index is 12.1. The van der Waals surface area contributed by atoms with E-state index in [1.165, 1.54) is 0 Å². The normalized spacial score (nSPS) is 12.5. The van der Waals surface area contributed by atoms with E-state index in [1.54, 1.807) is 34.6 Å². The molecule has 10 nitrogen and oxygen atoms in total. The first-order valence-corrected chi connectivity index (χ1v) is 9.87. The van der Waals surface area contributed by atoms with Gasteiger partial charge < -0.3 is 30.5 Å².